The predicted molar refractivity (Wildman–Crippen MR) is 58.1 cm³/mol. The second kappa shape index (κ2) is 4.54. The van der Waals surface area contributed by atoms with Crippen LogP contribution in [0, 0.1) is 0 Å². The molecule has 0 radical (unpaired) electrons. The molecular formula is C10H14N4O3. The summed E-state index contributed by atoms with van der Waals surface area (Å²) in [5.74, 6) is -1.07. The Bertz CT molecular complexity index is 443. The number of nitrogens with zero attached hydrogens (tertiary/aromatic N) is 3. The number of carboxylic acid groups (broad SMARTS) is 1. The van der Waals surface area contributed by atoms with Crippen molar-refractivity contribution in [3.05, 3.63) is 18.2 Å². The van der Waals surface area contributed by atoms with Gasteiger partial charge in [0.15, 0.2) is 0 Å². The van der Waals surface area contributed by atoms with Crippen molar-refractivity contribution < 1.29 is 14.7 Å². The molecule has 1 fully saturated rings. The third-order valence-corrected chi connectivity index (χ3v) is 2.85. The molecule has 1 saturated heterocycles. The van der Waals surface area contributed by atoms with Gasteiger partial charge in [0.1, 0.15) is 6.04 Å². The van der Waals surface area contributed by atoms with E-state index >= 15 is 0 Å². The first-order valence-electron chi connectivity index (χ1n) is 5.26. The molecule has 0 saturated carbocycles. The SMILES string of the molecule is Cn1cncc1CN1CC(=O)NCC1C(=O)O. The van der Waals surface area contributed by atoms with Gasteiger partial charge in [-0.25, -0.2) is 4.98 Å². The monoisotopic (exact) mass is 238 g/mol. The fourth-order valence-corrected chi connectivity index (χ4v) is 1.84. The Labute approximate surface area is 98.0 Å². The van der Waals surface area contributed by atoms with Crippen LogP contribution in [0.25, 0.3) is 0 Å². The molecule has 1 aliphatic rings. The lowest BCUT2D eigenvalue weighted by molar-refractivity contribution is -0.146. The number of hydrogen-bond acceptors (Lipinski definition) is 4. The largest absolute Gasteiger partial charge is 0.480 e. The average molecular weight is 238 g/mol. The maximum atomic E-state index is 11.3. The Kier molecular flexibility index (Phi) is 3.10. The van der Waals surface area contributed by atoms with Gasteiger partial charge in [-0.2, -0.15) is 0 Å². The van der Waals surface area contributed by atoms with Crippen molar-refractivity contribution in [1.82, 2.24) is 19.8 Å². The summed E-state index contributed by atoms with van der Waals surface area (Å²) in [5, 5.41) is 11.6. The molecule has 7 nitrogen and oxygen atoms in total. The number of aliphatic carboxylic acids is 1. The Morgan fingerprint density at radius 1 is 1.71 bits per heavy atom. The van der Waals surface area contributed by atoms with Crippen LogP contribution in [-0.4, -0.2) is 50.6 Å². The molecule has 0 aromatic carbocycles. The van der Waals surface area contributed by atoms with Crippen molar-refractivity contribution in [2.24, 2.45) is 7.05 Å². The van der Waals surface area contributed by atoms with Crippen molar-refractivity contribution in [2.75, 3.05) is 13.1 Å². The van der Waals surface area contributed by atoms with E-state index in [9.17, 15) is 9.59 Å². The predicted octanol–water partition coefficient (Wildman–Crippen LogP) is -1.19. The lowest BCUT2D eigenvalue weighted by Crippen LogP contribution is -2.57. The van der Waals surface area contributed by atoms with Crippen molar-refractivity contribution in [1.29, 1.82) is 0 Å². The van der Waals surface area contributed by atoms with E-state index in [1.807, 2.05) is 11.6 Å². The van der Waals surface area contributed by atoms with Gasteiger partial charge in [-0.15, -0.1) is 0 Å². The van der Waals surface area contributed by atoms with Crippen LogP contribution >= 0.6 is 0 Å². The number of amides is 1. The lowest BCUT2D eigenvalue weighted by Gasteiger charge is -2.32. The van der Waals surface area contributed by atoms with Gasteiger partial charge in [0.2, 0.25) is 5.91 Å². The summed E-state index contributed by atoms with van der Waals surface area (Å²) in [6.45, 7) is 0.648. The number of aryl methyl sites for hydroxylation is 1. The first-order chi connectivity index (χ1) is 8.08. The van der Waals surface area contributed by atoms with Gasteiger partial charge in [-0.05, 0) is 0 Å². The molecule has 1 atom stereocenters. The number of aromatic nitrogens is 2. The summed E-state index contributed by atoms with van der Waals surface area (Å²) in [5.41, 5.74) is 0.881. The molecule has 1 aromatic rings. The molecule has 1 amide bonds. The summed E-state index contributed by atoms with van der Waals surface area (Å²) in [6.07, 6.45) is 3.32. The normalized spacial score (nSPS) is 21.2. The third-order valence-electron chi connectivity index (χ3n) is 2.85. The van der Waals surface area contributed by atoms with E-state index in [1.165, 1.54) is 0 Å². The molecule has 92 valence electrons. The van der Waals surface area contributed by atoms with Crippen LogP contribution in [0.3, 0.4) is 0 Å². The third kappa shape index (κ3) is 2.44. The Balaban J connectivity index is 2.13. The fraction of sp³-hybridized carbons (Fsp3) is 0.500. The Morgan fingerprint density at radius 2 is 2.47 bits per heavy atom. The van der Waals surface area contributed by atoms with Gasteiger partial charge in [-0.3, -0.25) is 14.5 Å². The van der Waals surface area contributed by atoms with E-state index < -0.39 is 12.0 Å². The van der Waals surface area contributed by atoms with Crippen molar-refractivity contribution in [3.8, 4) is 0 Å². The van der Waals surface area contributed by atoms with Crippen molar-refractivity contribution >= 4 is 11.9 Å². The summed E-state index contributed by atoms with van der Waals surface area (Å²) < 4.78 is 1.81. The van der Waals surface area contributed by atoms with E-state index in [0.717, 1.165) is 5.69 Å². The number of piperazine rings is 1. The molecule has 0 aliphatic carbocycles. The van der Waals surface area contributed by atoms with E-state index in [1.54, 1.807) is 17.4 Å². The maximum absolute atomic E-state index is 11.3. The van der Waals surface area contributed by atoms with Gasteiger partial charge < -0.3 is 15.0 Å². The number of nitrogens with one attached hydrogen (secondary N) is 1. The van der Waals surface area contributed by atoms with Crippen LogP contribution in [0.4, 0.5) is 0 Å². The minimum atomic E-state index is -0.924. The van der Waals surface area contributed by atoms with Crippen LogP contribution in [0.1, 0.15) is 5.69 Å². The Hall–Kier alpha value is -1.89. The molecular weight excluding hydrogens is 224 g/mol. The van der Waals surface area contributed by atoms with Crippen LogP contribution in [0.15, 0.2) is 12.5 Å². The van der Waals surface area contributed by atoms with Crippen LogP contribution < -0.4 is 5.32 Å². The second-order valence-corrected chi connectivity index (χ2v) is 4.06. The number of imidazole rings is 1. The highest BCUT2D eigenvalue weighted by molar-refractivity contribution is 5.83. The zero-order chi connectivity index (χ0) is 12.4. The molecule has 2 heterocycles. The van der Waals surface area contributed by atoms with Gasteiger partial charge in [0, 0.05) is 26.3 Å². The van der Waals surface area contributed by atoms with E-state index in [2.05, 4.69) is 10.3 Å². The molecule has 0 bridgehead atoms. The maximum Gasteiger partial charge on any atom is 0.322 e. The van der Waals surface area contributed by atoms with Gasteiger partial charge in [0.25, 0.3) is 0 Å². The first-order valence-corrected chi connectivity index (χ1v) is 5.26. The highest BCUT2D eigenvalue weighted by Gasteiger charge is 2.32. The van der Waals surface area contributed by atoms with Gasteiger partial charge >= 0.3 is 5.97 Å². The van der Waals surface area contributed by atoms with E-state index in [4.69, 9.17) is 5.11 Å². The first kappa shape index (κ1) is 11.6. The number of carbonyl (C=O) groups excluding carboxylic acids is 1. The zero-order valence-electron chi connectivity index (χ0n) is 9.46. The topological polar surface area (TPSA) is 87.5 Å². The molecule has 1 unspecified atom stereocenters. The molecule has 2 rings (SSSR count). The van der Waals surface area contributed by atoms with Gasteiger partial charge in [0.05, 0.1) is 18.6 Å². The number of hydrogen-bond donors (Lipinski definition) is 2. The average Bonchev–Trinajstić information content (AvgIpc) is 2.64. The number of carbonyl (C=O) groups is 2. The molecule has 1 aromatic heterocycles. The zero-order valence-corrected chi connectivity index (χ0v) is 9.46. The van der Waals surface area contributed by atoms with E-state index in [-0.39, 0.29) is 19.0 Å². The molecule has 2 N–H and O–H groups in total. The van der Waals surface area contributed by atoms with E-state index in [0.29, 0.717) is 6.54 Å². The minimum Gasteiger partial charge on any atom is -0.480 e. The minimum absolute atomic E-state index is 0.0994. The second-order valence-electron chi connectivity index (χ2n) is 4.06. The smallest absolute Gasteiger partial charge is 0.322 e. The highest BCUT2D eigenvalue weighted by Crippen LogP contribution is 2.10. The molecule has 1 aliphatic heterocycles. The Morgan fingerprint density at radius 3 is 3.06 bits per heavy atom. The van der Waals surface area contributed by atoms with Crippen molar-refractivity contribution in [2.45, 2.75) is 12.6 Å². The van der Waals surface area contributed by atoms with Crippen LogP contribution in [0.2, 0.25) is 0 Å². The lowest BCUT2D eigenvalue weighted by atomic mass is 10.2. The number of rotatable bonds is 3. The fourth-order valence-electron chi connectivity index (χ4n) is 1.84. The van der Waals surface area contributed by atoms with Gasteiger partial charge in [-0.1, -0.05) is 0 Å². The molecule has 7 heteroatoms. The van der Waals surface area contributed by atoms with Crippen LogP contribution in [0.5, 0.6) is 0 Å². The van der Waals surface area contributed by atoms with Crippen LogP contribution in [-0.2, 0) is 23.2 Å². The summed E-state index contributed by atoms with van der Waals surface area (Å²) in [4.78, 5) is 28.0. The molecule has 17 heavy (non-hydrogen) atoms. The summed E-state index contributed by atoms with van der Waals surface area (Å²) >= 11 is 0. The standard InChI is InChI=1S/C10H14N4O3/c1-13-6-11-2-7(13)4-14-5-9(15)12-3-8(14)10(16)17/h2,6,8H,3-5H2,1H3,(H,12,15)(H,16,17). The molecule has 0 spiro atoms. The number of carboxylic acids is 1. The summed E-state index contributed by atoms with van der Waals surface area (Å²) in [7, 11) is 1.84. The highest BCUT2D eigenvalue weighted by atomic mass is 16.4. The quantitative estimate of drug-likeness (QED) is 0.691. The summed E-state index contributed by atoms with van der Waals surface area (Å²) in [6, 6.07) is -0.678. The van der Waals surface area contributed by atoms with Crippen molar-refractivity contribution in [3.63, 3.8) is 0 Å².